The molecule has 1 fully saturated rings. The van der Waals surface area contributed by atoms with Gasteiger partial charge in [-0.25, -0.2) is 4.39 Å². The van der Waals surface area contributed by atoms with E-state index in [1.807, 2.05) is 13.8 Å². The number of nitrogens with zero attached hydrogens (tertiary/aromatic N) is 3. The third kappa shape index (κ3) is 7.79. The number of benzene rings is 1. The average Bonchev–Trinajstić information content (AvgIpc) is 2.75. The molecule has 0 saturated carbocycles. The van der Waals surface area contributed by atoms with Gasteiger partial charge in [0, 0.05) is 38.3 Å². The van der Waals surface area contributed by atoms with Gasteiger partial charge < -0.3 is 14.7 Å². The molecule has 1 heterocycles. The van der Waals surface area contributed by atoms with Crippen LogP contribution in [-0.4, -0.2) is 78.5 Å². The van der Waals surface area contributed by atoms with Gasteiger partial charge in [0.2, 0.25) is 5.91 Å². The van der Waals surface area contributed by atoms with Crippen LogP contribution in [0.3, 0.4) is 0 Å². The molecular formula is C22H31F4N3O2. The molecule has 0 aliphatic carbocycles. The number of alkyl halides is 3. The van der Waals surface area contributed by atoms with Crippen LogP contribution in [0.25, 0.3) is 0 Å². The molecule has 5 nitrogen and oxygen atoms in total. The predicted octanol–water partition coefficient (Wildman–Crippen LogP) is 3.80. The van der Waals surface area contributed by atoms with Gasteiger partial charge in [0.05, 0.1) is 12.3 Å². The van der Waals surface area contributed by atoms with Crippen LogP contribution in [-0.2, 0) is 4.79 Å². The lowest BCUT2D eigenvalue weighted by atomic mass is 9.95. The normalized spacial score (nSPS) is 17.1. The summed E-state index contributed by atoms with van der Waals surface area (Å²) in [5, 5.41) is 0. The van der Waals surface area contributed by atoms with Gasteiger partial charge in [0.1, 0.15) is 5.82 Å². The fourth-order valence-electron chi connectivity index (χ4n) is 3.79. The first-order chi connectivity index (χ1) is 14.6. The minimum atomic E-state index is -4.34. The lowest BCUT2D eigenvalue weighted by Crippen LogP contribution is -2.49. The Balaban J connectivity index is 2.06. The van der Waals surface area contributed by atoms with Crippen LogP contribution >= 0.6 is 0 Å². The van der Waals surface area contributed by atoms with E-state index in [9.17, 15) is 27.2 Å². The molecule has 1 aromatic carbocycles. The molecule has 0 spiro atoms. The van der Waals surface area contributed by atoms with E-state index in [2.05, 4.69) is 4.90 Å². The SMILES string of the molecule is CCN(CC)CCN(CCC(F)(F)F)C(=O)C1CCCN(C(=O)c2ccc(F)cc2)C1. The first-order valence-corrected chi connectivity index (χ1v) is 10.8. The monoisotopic (exact) mass is 445 g/mol. The summed E-state index contributed by atoms with van der Waals surface area (Å²) in [4.78, 5) is 30.7. The molecule has 1 aromatic rings. The number of likely N-dealkylation sites (tertiary alicyclic amines) is 1. The summed E-state index contributed by atoms with van der Waals surface area (Å²) < 4.78 is 51.6. The van der Waals surface area contributed by atoms with Gasteiger partial charge in [0.25, 0.3) is 5.91 Å². The second kappa shape index (κ2) is 11.5. The summed E-state index contributed by atoms with van der Waals surface area (Å²) in [7, 11) is 0. The summed E-state index contributed by atoms with van der Waals surface area (Å²) in [6.07, 6.45) is -4.28. The molecule has 9 heteroatoms. The van der Waals surface area contributed by atoms with Crippen molar-refractivity contribution in [3.63, 3.8) is 0 Å². The fraction of sp³-hybridized carbons (Fsp3) is 0.636. The van der Waals surface area contributed by atoms with Gasteiger partial charge in [0.15, 0.2) is 0 Å². The maximum absolute atomic E-state index is 13.1. The third-order valence-electron chi connectivity index (χ3n) is 5.71. The zero-order valence-corrected chi connectivity index (χ0v) is 18.1. The molecule has 1 atom stereocenters. The highest BCUT2D eigenvalue weighted by atomic mass is 19.4. The molecule has 2 amide bonds. The summed E-state index contributed by atoms with van der Waals surface area (Å²) in [5.41, 5.74) is 0.324. The number of piperidine rings is 1. The van der Waals surface area contributed by atoms with E-state index in [1.54, 1.807) is 0 Å². The Morgan fingerprint density at radius 1 is 1.06 bits per heavy atom. The summed E-state index contributed by atoms with van der Waals surface area (Å²) in [6.45, 7) is 6.39. The van der Waals surface area contributed by atoms with E-state index in [0.717, 1.165) is 13.1 Å². The Bertz CT molecular complexity index is 720. The lowest BCUT2D eigenvalue weighted by Gasteiger charge is -2.36. The van der Waals surface area contributed by atoms with E-state index in [4.69, 9.17) is 0 Å². The highest BCUT2D eigenvalue weighted by Crippen LogP contribution is 2.24. The highest BCUT2D eigenvalue weighted by Gasteiger charge is 2.34. The van der Waals surface area contributed by atoms with Crippen LogP contribution in [0.1, 0.15) is 43.5 Å². The number of rotatable bonds is 9. The molecule has 1 aliphatic rings. The Morgan fingerprint density at radius 3 is 2.29 bits per heavy atom. The van der Waals surface area contributed by atoms with Gasteiger partial charge in [-0.1, -0.05) is 13.8 Å². The van der Waals surface area contributed by atoms with Crippen molar-refractivity contribution in [3.8, 4) is 0 Å². The van der Waals surface area contributed by atoms with E-state index in [1.165, 1.54) is 34.1 Å². The molecule has 1 saturated heterocycles. The third-order valence-corrected chi connectivity index (χ3v) is 5.71. The van der Waals surface area contributed by atoms with E-state index < -0.39 is 24.3 Å². The number of halogens is 4. The minimum absolute atomic E-state index is 0.156. The van der Waals surface area contributed by atoms with Gasteiger partial charge >= 0.3 is 6.18 Å². The summed E-state index contributed by atoms with van der Waals surface area (Å²) in [6, 6.07) is 5.18. The molecule has 2 rings (SSSR count). The molecule has 0 bridgehead atoms. The van der Waals surface area contributed by atoms with Crippen LogP contribution < -0.4 is 0 Å². The number of carbonyl (C=O) groups is 2. The van der Waals surface area contributed by atoms with Crippen LogP contribution in [0.15, 0.2) is 24.3 Å². The Kier molecular flexibility index (Phi) is 9.28. The van der Waals surface area contributed by atoms with E-state index >= 15 is 0 Å². The highest BCUT2D eigenvalue weighted by molar-refractivity contribution is 5.94. The predicted molar refractivity (Wildman–Crippen MR) is 110 cm³/mol. The van der Waals surface area contributed by atoms with E-state index in [-0.39, 0.29) is 31.4 Å². The van der Waals surface area contributed by atoms with E-state index in [0.29, 0.717) is 31.5 Å². The fourth-order valence-corrected chi connectivity index (χ4v) is 3.79. The van der Waals surface area contributed by atoms with Crippen molar-refractivity contribution in [3.05, 3.63) is 35.6 Å². The topological polar surface area (TPSA) is 43.9 Å². The van der Waals surface area contributed by atoms with Crippen molar-refractivity contribution in [2.24, 2.45) is 5.92 Å². The second-order valence-electron chi connectivity index (χ2n) is 7.81. The van der Waals surface area contributed by atoms with Crippen molar-refractivity contribution < 1.29 is 27.2 Å². The molecule has 174 valence electrons. The van der Waals surface area contributed by atoms with Crippen molar-refractivity contribution >= 4 is 11.8 Å². The number of carbonyl (C=O) groups excluding carboxylic acids is 2. The summed E-state index contributed by atoms with van der Waals surface area (Å²) in [5.74, 6) is -1.63. The Morgan fingerprint density at radius 2 is 1.71 bits per heavy atom. The summed E-state index contributed by atoms with van der Waals surface area (Å²) >= 11 is 0. The van der Waals surface area contributed by atoms with Crippen molar-refractivity contribution in [2.45, 2.75) is 39.3 Å². The molecule has 0 aromatic heterocycles. The van der Waals surface area contributed by atoms with Crippen molar-refractivity contribution in [1.29, 1.82) is 0 Å². The van der Waals surface area contributed by atoms with Gasteiger partial charge in [-0.2, -0.15) is 13.2 Å². The van der Waals surface area contributed by atoms with Crippen molar-refractivity contribution in [1.82, 2.24) is 14.7 Å². The zero-order valence-electron chi connectivity index (χ0n) is 18.1. The minimum Gasteiger partial charge on any atom is -0.341 e. The first-order valence-electron chi connectivity index (χ1n) is 10.8. The number of likely N-dealkylation sites (N-methyl/N-ethyl adjacent to an activating group) is 1. The van der Waals surface area contributed by atoms with Crippen LogP contribution in [0.4, 0.5) is 17.6 Å². The van der Waals surface area contributed by atoms with Crippen LogP contribution in [0.2, 0.25) is 0 Å². The van der Waals surface area contributed by atoms with Crippen LogP contribution in [0, 0.1) is 11.7 Å². The molecule has 1 aliphatic heterocycles. The maximum Gasteiger partial charge on any atom is 0.390 e. The Labute approximate surface area is 181 Å². The molecule has 0 radical (unpaired) electrons. The van der Waals surface area contributed by atoms with Crippen molar-refractivity contribution in [2.75, 3.05) is 45.8 Å². The van der Waals surface area contributed by atoms with Crippen LogP contribution in [0.5, 0.6) is 0 Å². The lowest BCUT2D eigenvalue weighted by molar-refractivity contribution is -0.148. The van der Waals surface area contributed by atoms with Gasteiger partial charge in [-0.3, -0.25) is 9.59 Å². The number of hydrogen-bond acceptors (Lipinski definition) is 3. The smallest absolute Gasteiger partial charge is 0.341 e. The zero-order chi connectivity index (χ0) is 23.0. The molecular weight excluding hydrogens is 414 g/mol. The molecule has 31 heavy (non-hydrogen) atoms. The number of hydrogen-bond donors (Lipinski definition) is 0. The molecule has 0 N–H and O–H groups in total. The standard InChI is InChI=1S/C22H31F4N3O2/c1-3-27(4-2)14-15-28(13-11-22(24,25)26)21(31)18-6-5-12-29(16-18)20(30)17-7-9-19(23)10-8-17/h7-10,18H,3-6,11-16H2,1-2H3. The van der Waals surface area contributed by atoms with Gasteiger partial charge in [-0.15, -0.1) is 0 Å². The quantitative estimate of drug-likeness (QED) is 0.543. The number of amides is 2. The largest absolute Gasteiger partial charge is 0.390 e. The molecule has 1 unspecified atom stereocenters. The first kappa shape index (κ1) is 25.1. The second-order valence-corrected chi connectivity index (χ2v) is 7.81. The maximum atomic E-state index is 13.1. The average molecular weight is 446 g/mol. The Hall–Kier alpha value is -2.16. The van der Waals surface area contributed by atoms with Gasteiger partial charge in [-0.05, 0) is 50.2 Å².